The summed E-state index contributed by atoms with van der Waals surface area (Å²) in [5.41, 5.74) is 0.882. The second-order valence-corrected chi connectivity index (χ2v) is 7.26. The number of hydrogen-bond donors (Lipinski definition) is 2. The lowest BCUT2D eigenvalue weighted by Crippen LogP contribution is -2.42. The molecule has 21 heavy (non-hydrogen) atoms. The van der Waals surface area contributed by atoms with E-state index in [1.165, 1.54) is 19.3 Å². The van der Waals surface area contributed by atoms with Gasteiger partial charge < -0.3 is 10.3 Å². The third-order valence-corrected chi connectivity index (χ3v) is 5.30. The highest BCUT2D eigenvalue weighted by Crippen LogP contribution is 2.34. The molecule has 2 N–H and O–H groups in total. The first-order valence-electron chi connectivity index (χ1n) is 8.12. The Morgan fingerprint density at radius 1 is 1.43 bits per heavy atom. The molecule has 1 aromatic heterocycles. The van der Waals surface area contributed by atoms with Gasteiger partial charge in [0.05, 0.1) is 0 Å². The normalized spacial score (nSPS) is 26.0. The van der Waals surface area contributed by atoms with E-state index in [1.54, 1.807) is 17.8 Å². The van der Waals surface area contributed by atoms with Crippen molar-refractivity contribution in [3.63, 3.8) is 0 Å². The molecule has 0 radical (unpaired) electrons. The molecule has 1 fully saturated rings. The number of H-pyrrole nitrogens is 1. The molecule has 3 unspecified atom stereocenters. The fourth-order valence-electron chi connectivity index (χ4n) is 3.02. The van der Waals surface area contributed by atoms with E-state index < -0.39 is 0 Å². The zero-order valence-electron chi connectivity index (χ0n) is 13.3. The topological polar surface area (TPSA) is 57.8 Å². The molecule has 1 aromatic rings. The van der Waals surface area contributed by atoms with Crippen molar-refractivity contribution in [2.75, 3.05) is 6.54 Å². The second-order valence-electron chi connectivity index (χ2n) is 6.03. The van der Waals surface area contributed by atoms with Gasteiger partial charge in [0, 0.05) is 23.1 Å². The predicted molar refractivity (Wildman–Crippen MR) is 89.0 cm³/mol. The first-order valence-corrected chi connectivity index (χ1v) is 9.00. The van der Waals surface area contributed by atoms with Gasteiger partial charge in [0.1, 0.15) is 0 Å². The van der Waals surface area contributed by atoms with Crippen LogP contribution in [-0.2, 0) is 6.42 Å². The Morgan fingerprint density at radius 2 is 2.24 bits per heavy atom. The van der Waals surface area contributed by atoms with Gasteiger partial charge in [-0.2, -0.15) is 0 Å². The quantitative estimate of drug-likeness (QED) is 0.793. The van der Waals surface area contributed by atoms with Crippen molar-refractivity contribution in [3.8, 4) is 0 Å². The summed E-state index contributed by atoms with van der Waals surface area (Å²) in [6, 6.07) is 2.15. The molecule has 0 aliphatic heterocycles. The molecule has 0 saturated heterocycles. The number of nitrogens with zero attached hydrogens (tertiary/aromatic N) is 1. The van der Waals surface area contributed by atoms with Gasteiger partial charge in [-0.05, 0) is 38.1 Å². The zero-order chi connectivity index (χ0) is 15.2. The minimum absolute atomic E-state index is 0.0280. The van der Waals surface area contributed by atoms with Crippen LogP contribution in [0, 0.1) is 5.92 Å². The van der Waals surface area contributed by atoms with Crippen LogP contribution in [0.15, 0.2) is 16.0 Å². The molecule has 2 rings (SSSR count). The molecule has 1 heterocycles. The second kappa shape index (κ2) is 7.99. The zero-order valence-corrected chi connectivity index (χ0v) is 14.1. The molecular formula is C16H27N3OS. The Balaban J connectivity index is 2.12. The maximum absolute atomic E-state index is 11.8. The monoisotopic (exact) mass is 309 g/mol. The number of aryl methyl sites for hydroxylation is 1. The number of thioether (sulfide) groups is 1. The summed E-state index contributed by atoms with van der Waals surface area (Å²) in [5.74, 6) is 0.753. The van der Waals surface area contributed by atoms with Crippen molar-refractivity contribution in [1.29, 1.82) is 0 Å². The first kappa shape index (κ1) is 16.6. The van der Waals surface area contributed by atoms with Gasteiger partial charge in [-0.25, -0.2) is 4.98 Å². The standard InChI is InChI=1S/C16H27N3OS/c1-4-6-12-10-15(20)19-16(18-12)21-14-9-11(3)7-8-13(14)17-5-2/h10-11,13-14,17H,4-9H2,1-3H3,(H,18,19,20). The molecule has 118 valence electrons. The minimum Gasteiger partial charge on any atom is -0.313 e. The fourth-order valence-corrected chi connectivity index (χ4v) is 4.46. The van der Waals surface area contributed by atoms with Crippen molar-refractivity contribution in [2.45, 2.75) is 69.3 Å². The third kappa shape index (κ3) is 4.85. The van der Waals surface area contributed by atoms with Gasteiger partial charge in [-0.3, -0.25) is 4.79 Å². The van der Waals surface area contributed by atoms with Crippen LogP contribution in [0.25, 0.3) is 0 Å². The van der Waals surface area contributed by atoms with Crippen LogP contribution in [0.3, 0.4) is 0 Å². The maximum atomic E-state index is 11.8. The summed E-state index contributed by atoms with van der Waals surface area (Å²) in [5, 5.41) is 4.87. The molecular weight excluding hydrogens is 282 g/mol. The van der Waals surface area contributed by atoms with E-state index in [4.69, 9.17) is 0 Å². The van der Waals surface area contributed by atoms with Crippen molar-refractivity contribution >= 4 is 11.8 Å². The van der Waals surface area contributed by atoms with Crippen LogP contribution < -0.4 is 10.9 Å². The van der Waals surface area contributed by atoms with Gasteiger partial charge in [-0.15, -0.1) is 0 Å². The molecule has 4 nitrogen and oxygen atoms in total. The molecule has 0 amide bonds. The van der Waals surface area contributed by atoms with Crippen LogP contribution in [0.1, 0.15) is 52.1 Å². The highest BCUT2D eigenvalue weighted by Gasteiger charge is 2.29. The van der Waals surface area contributed by atoms with E-state index in [0.29, 0.717) is 11.3 Å². The van der Waals surface area contributed by atoms with E-state index in [-0.39, 0.29) is 5.56 Å². The van der Waals surface area contributed by atoms with Crippen molar-refractivity contribution in [1.82, 2.24) is 15.3 Å². The fraction of sp³-hybridized carbons (Fsp3) is 0.750. The number of aromatic nitrogens is 2. The van der Waals surface area contributed by atoms with Crippen molar-refractivity contribution in [3.05, 3.63) is 22.1 Å². The van der Waals surface area contributed by atoms with Crippen LogP contribution in [0.2, 0.25) is 0 Å². The largest absolute Gasteiger partial charge is 0.313 e. The van der Waals surface area contributed by atoms with Gasteiger partial charge >= 0.3 is 0 Å². The molecule has 1 aliphatic carbocycles. The molecule has 0 spiro atoms. The van der Waals surface area contributed by atoms with E-state index in [0.717, 1.165) is 36.2 Å². The summed E-state index contributed by atoms with van der Waals surface area (Å²) in [4.78, 5) is 19.3. The maximum Gasteiger partial charge on any atom is 0.251 e. The van der Waals surface area contributed by atoms with Crippen LogP contribution in [0.4, 0.5) is 0 Å². The molecule has 3 atom stereocenters. The minimum atomic E-state index is -0.0280. The number of rotatable bonds is 6. The summed E-state index contributed by atoms with van der Waals surface area (Å²) >= 11 is 1.74. The van der Waals surface area contributed by atoms with E-state index in [1.807, 2.05) is 0 Å². The Labute approximate surface area is 131 Å². The highest BCUT2D eigenvalue weighted by atomic mass is 32.2. The summed E-state index contributed by atoms with van der Waals surface area (Å²) in [7, 11) is 0. The summed E-state index contributed by atoms with van der Waals surface area (Å²) < 4.78 is 0. The number of hydrogen-bond acceptors (Lipinski definition) is 4. The van der Waals surface area contributed by atoms with Crippen LogP contribution in [-0.4, -0.2) is 27.8 Å². The third-order valence-electron chi connectivity index (χ3n) is 4.06. The lowest BCUT2D eigenvalue weighted by Gasteiger charge is -2.34. The average Bonchev–Trinajstić information content (AvgIpc) is 2.42. The lowest BCUT2D eigenvalue weighted by atomic mass is 9.87. The number of nitrogens with one attached hydrogen (secondary N) is 2. The lowest BCUT2D eigenvalue weighted by molar-refractivity contribution is 0.320. The van der Waals surface area contributed by atoms with E-state index in [2.05, 4.69) is 36.1 Å². The average molecular weight is 309 g/mol. The Bertz CT molecular complexity index is 503. The van der Waals surface area contributed by atoms with Gasteiger partial charge in [0.2, 0.25) is 0 Å². The van der Waals surface area contributed by atoms with E-state index in [9.17, 15) is 4.79 Å². The van der Waals surface area contributed by atoms with E-state index >= 15 is 0 Å². The predicted octanol–water partition coefficient (Wildman–Crippen LogP) is 2.98. The smallest absolute Gasteiger partial charge is 0.251 e. The van der Waals surface area contributed by atoms with Crippen molar-refractivity contribution < 1.29 is 0 Å². The molecule has 0 aromatic carbocycles. The van der Waals surface area contributed by atoms with Crippen LogP contribution >= 0.6 is 11.8 Å². The van der Waals surface area contributed by atoms with Gasteiger partial charge in [0.25, 0.3) is 5.56 Å². The SMILES string of the molecule is CCCc1cc(=O)[nH]c(SC2CC(C)CCC2NCC)n1. The summed E-state index contributed by atoms with van der Waals surface area (Å²) in [6.45, 7) is 7.58. The first-order chi connectivity index (χ1) is 10.1. The number of aromatic amines is 1. The Hall–Kier alpha value is -0.810. The Kier molecular flexibility index (Phi) is 6.30. The van der Waals surface area contributed by atoms with Crippen molar-refractivity contribution in [2.24, 2.45) is 5.92 Å². The van der Waals surface area contributed by atoms with Gasteiger partial charge in [-0.1, -0.05) is 39.0 Å². The molecule has 1 saturated carbocycles. The molecule has 0 bridgehead atoms. The molecule has 5 heteroatoms. The Morgan fingerprint density at radius 3 is 2.95 bits per heavy atom. The van der Waals surface area contributed by atoms with Gasteiger partial charge in [0.15, 0.2) is 5.16 Å². The summed E-state index contributed by atoms with van der Waals surface area (Å²) in [6.07, 6.45) is 5.57. The van der Waals surface area contributed by atoms with Crippen LogP contribution in [0.5, 0.6) is 0 Å². The highest BCUT2D eigenvalue weighted by molar-refractivity contribution is 7.99. The molecule has 1 aliphatic rings.